The van der Waals surface area contributed by atoms with Gasteiger partial charge in [-0.3, -0.25) is 14.5 Å². The van der Waals surface area contributed by atoms with E-state index in [4.69, 9.17) is 4.42 Å². The third-order valence-electron chi connectivity index (χ3n) is 5.04. The van der Waals surface area contributed by atoms with Gasteiger partial charge in [-0.1, -0.05) is 47.7 Å². The number of anilines is 1. The minimum atomic E-state index is -0.901. The molecule has 7 heteroatoms. The van der Waals surface area contributed by atoms with Crippen LogP contribution in [-0.4, -0.2) is 21.8 Å². The summed E-state index contributed by atoms with van der Waals surface area (Å²) in [5.41, 5.74) is 2.25. The van der Waals surface area contributed by atoms with Crippen LogP contribution < -0.4 is 4.90 Å². The largest absolute Gasteiger partial charge is 0.507 e. The fraction of sp³-hybridized carbons (Fsp3) is 0.0870. The van der Waals surface area contributed by atoms with E-state index in [1.54, 1.807) is 36.4 Å². The lowest BCUT2D eigenvalue weighted by atomic mass is 9.99. The van der Waals surface area contributed by atoms with Crippen molar-refractivity contribution >= 4 is 44.1 Å². The lowest BCUT2D eigenvalue weighted by molar-refractivity contribution is -0.132. The topological polar surface area (TPSA) is 83.6 Å². The Morgan fingerprint density at radius 1 is 1.10 bits per heavy atom. The summed E-state index contributed by atoms with van der Waals surface area (Å²) < 4.78 is 6.47. The summed E-state index contributed by atoms with van der Waals surface area (Å²) >= 11 is 1.32. The molecule has 30 heavy (non-hydrogen) atoms. The smallest absolute Gasteiger partial charge is 0.302 e. The summed E-state index contributed by atoms with van der Waals surface area (Å²) in [5, 5.41) is 11.3. The number of aliphatic hydroxyl groups excluding tert-OH is 1. The molecule has 1 aliphatic heterocycles. The minimum Gasteiger partial charge on any atom is -0.507 e. The fourth-order valence-electron chi connectivity index (χ4n) is 3.62. The van der Waals surface area contributed by atoms with E-state index in [1.165, 1.54) is 22.5 Å². The van der Waals surface area contributed by atoms with Crippen LogP contribution in [0.5, 0.6) is 0 Å². The molecule has 0 radical (unpaired) electrons. The quantitative estimate of drug-likeness (QED) is 0.294. The maximum atomic E-state index is 13.1. The van der Waals surface area contributed by atoms with Crippen molar-refractivity contribution in [3.05, 3.63) is 89.4 Å². The predicted octanol–water partition coefficient (Wildman–Crippen LogP) is 4.82. The van der Waals surface area contributed by atoms with Gasteiger partial charge in [0.15, 0.2) is 5.13 Å². The van der Waals surface area contributed by atoms with Gasteiger partial charge >= 0.3 is 5.91 Å². The van der Waals surface area contributed by atoms with Crippen molar-refractivity contribution in [1.82, 2.24) is 4.98 Å². The van der Waals surface area contributed by atoms with Crippen LogP contribution in [0.3, 0.4) is 0 Å². The van der Waals surface area contributed by atoms with Crippen molar-refractivity contribution in [2.45, 2.75) is 13.0 Å². The molecule has 1 fully saturated rings. The first-order chi connectivity index (χ1) is 14.5. The highest BCUT2D eigenvalue weighted by Gasteiger charge is 2.49. The van der Waals surface area contributed by atoms with Crippen molar-refractivity contribution in [1.29, 1.82) is 0 Å². The molecule has 0 aliphatic carbocycles. The number of aryl methyl sites for hydroxylation is 1. The van der Waals surface area contributed by atoms with Crippen LogP contribution in [-0.2, 0) is 9.59 Å². The van der Waals surface area contributed by atoms with E-state index < -0.39 is 17.7 Å². The number of carbonyl (C=O) groups excluding carboxylic acids is 2. The van der Waals surface area contributed by atoms with Crippen LogP contribution in [0, 0.1) is 6.92 Å². The van der Waals surface area contributed by atoms with E-state index in [0.29, 0.717) is 16.5 Å². The molecule has 1 aliphatic rings. The Labute approximate surface area is 175 Å². The van der Waals surface area contributed by atoms with Gasteiger partial charge < -0.3 is 9.52 Å². The molecule has 0 spiro atoms. The molecule has 1 atom stereocenters. The molecule has 0 saturated carbocycles. The second-order valence-electron chi connectivity index (χ2n) is 7.02. The Morgan fingerprint density at radius 2 is 1.90 bits per heavy atom. The molecule has 4 aromatic rings. The monoisotopic (exact) mass is 416 g/mol. The Morgan fingerprint density at radius 3 is 2.63 bits per heavy atom. The number of carbonyl (C=O) groups is 2. The van der Waals surface area contributed by atoms with E-state index >= 15 is 0 Å². The summed E-state index contributed by atoms with van der Waals surface area (Å²) in [6.45, 7) is 1.98. The van der Waals surface area contributed by atoms with Crippen molar-refractivity contribution in [3.63, 3.8) is 0 Å². The van der Waals surface area contributed by atoms with E-state index in [1.807, 2.05) is 31.2 Å². The molecule has 148 valence electrons. The number of Topliss-reactive ketones (excluding diaryl/α,β-unsaturated/α-hetero) is 1. The minimum absolute atomic E-state index is 0.0170. The molecular weight excluding hydrogens is 400 g/mol. The summed E-state index contributed by atoms with van der Waals surface area (Å²) in [4.78, 5) is 32.0. The van der Waals surface area contributed by atoms with Gasteiger partial charge in [0.05, 0.1) is 22.1 Å². The van der Waals surface area contributed by atoms with Crippen LogP contribution in [0.1, 0.15) is 22.9 Å². The normalized spacial score (nSPS) is 18.4. The SMILES string of the molecule is Cc1ccc2nc(N3C(=O)C(=O)C(=C(O)c4ccccc4)C3c3ccco3)sc2c1. The number of rotatable bonds is 3. The molecule has 2 aromatic heterocycles. The molecule has 1 amide bonds. The molecule has 0 bridgehead atoms. The zero-order valence-corrected chi connectivity index (χ0v) is 16.7. The van der Waals surface area contributed by atoms with E-state index in [9.17, 15) is 14.7 Å². The number of nitrogens with zero attached hydrogens (tertiary/aromatic N) is 2. The summed E-state index contributed by atoms with van der Waals surface area (Å²) in [6.07, 6.45) is 1.47. The number of furan rings is 1. The summed E-state index contributed by atoms with van der Waals surface area (Å²) in [6, 6.07) is 16.9. The lowest BCUT2D eigenvalue weighted by Crippen LogP contribution is -2.29. The molecular formula is C23H16N2O4S. The van der Waals surface area contributed by atoms with Gasteiger partial charge in [0.25, 0.3) is 5.78 Å². The number of benzene rings is 2. The van der Waals surface area contributed by atoms with Gasteiger partial charge in [0, 0.05) is 5.56 Å². The van der Waals surface area contributed by atoms with Crippen LogP contribution >= 0.6 is 11.3 Å². The molecule has 1 N–H and O–H groups in total. The Hall–Kier alpha value is -3.71. The van der Waals surface area contributed by atoms with Gasteiger partial charge in [-0.15, -0.1) is 0 Å². The second kappa shape index (κ2) is 6.96. The zero-order valence-electron chi connectivity index (χ0n) is 15.9. The number of hydrogen-bond donors (Lipinski definition) is 1. The average molecular weight is 416 g/mol. The van der Waals surface area contributed by atoms with Crippen molar-refractivity contribution < 1.29 is 19.1 Å². The highest BCUT2D eigenvalue weighted by Crippen LogP contribution is 2.44. The lowest BCUT2D eigenvalue weighted by Gasteiger charge is -2.20. The molecule has 3 heterocycles. The molecule has 1 unspecified atom stereocenters. The second-order valence-corrected chi connectivity index (χ2v) is 8.03. The molecule has 6 nitrogen and oxygen atoms in total. The first-order valence-electron chi connectivity index (χ1n) is 9.31. The van der Waals surface area contributed by atoms with E-state index in [0.717, 1.165) is 15.8 Å². The fourth-order valence-corrected chi connectivity index (χ4v) is 4.71. The van der Waals surface area contributed by atoms with E-state index in [-0.39, 0.29) is 11.3 Å². The van der Waals surface area contributed by atoms with Gasteiger partial charge in [-0.25, -0.2) is 4.98 Å². The summed E-state index contributed by atoms with van der Waals surface area (Å²) in [7, 11) is 0. The number of amides is 1. The van der Waals surface area contributed by atoms with Crippen molar-refractivity contribution in [2.24, 2.45) is 0 Å². The number of aromatic nitrogens is 1. The van der Waals surface area contributed by atoms with Crippen LogP contribution in [0.15, 0.2) is 76.9 Å². The van der Waals surface area contributed by atoms with Crippen molar-refractivity contribution in [3.8, 4) is 0 Å². The predicted molar refractivity (Wildman–Crippen MR) is 114 cm³/mol. The van der Waals surface area contributed by atoms with Crippen molar-refractivity contribution in [2.75, 3.05) is 4.90 Å². The molecule has 2 aromatic carbocycles. The summed E-state index contributed by atoms with van der Waals surface area (Å²) in [5.74, 6) is -1.38. The Kier molecular flexibility index (Phi) is 4.25. The highest BCUT2D eigenvalue weighted by atomic mass is 32.1. The van der Waals surface area contributed by atoms with E-state index in [2.05, 4.69) is 4.98 Å². The third kappa shape index (κ3) is 2.83. The van der Waals surface area contributed by atoms with Gasteiger partial charge in [0.1, 0.15) is 17.6 Å². The van der Waals surface area contributed by atoms with Gasteiger partial charge in [-0.05, 0) is 36.8 Å². The maximum Gasteiger partial charge on any atom is 0.302 e. The Balaban J connectivity index is 1.72. The number of hydrogen-bond acceptors (Lipinski definition) is 6. The first-order valence-corrected chi connectivity index (χ1v) is 10.1. The van der Waals surface area contributed by atoms with Crippen LogP contribution in [0.2, 0.25) is 0 Å². The standard InChI is InChI=1S/C23H16N2O4S/c1-13-9-10-15-17(12-13)30-23(24-15)25-19(16-8-5-11-29-16)18(21(27)22(25)28)20(26)14-6-3-2-4-7-14/h2-12,19,26H,1H3. The number of ketones is 1. The molecule has 1 saturated heterocycles. The maximum absolute atomic E-state index is 13.1. The number of thiazole rings is 1. The molecule has 5 rings (SSSR count). The first kappa shape index (κ1) is 18.3. The number of aliphatic hydroxyl groups is 1. The van der Waals surface area contributed by atoms with Crippen LogP contribution in [0.4, 0.5) is 5.13 Å². The average Bonchev–Trinajstić information content (AvgIpc) is 3.47. The van der Waals surface area contributed by atoms with Gasteiger partial charge in [-0.2, -0.15) is 0 Å². The Bertz CT molecular complexity index is 1310. The zero-order chi connectivity index (χ0) is 20.8. The third-order valence-corrected chi connectivity index (χ3v) is 6.06. The highest BCUT2D eigenvalue weighted by molar-refractivity contribution is 7.22. The van der Waals surface area contributed by atoms with Gasteiger partial charge in [0.2, 0.25) is 0 Å². The number of fused-ring (bicyclic) bond motifs is 1. The van der Waals surface area contributed by atoms with Crippen LogP contribution in [0.25, 0.3) is 16.0 Å².